The first-order chi connectivity index (χ1) is 18.4. The Balaban J connectivity index is 1.32. The minimum absolute atomic E-state index is 0.0289. The monoisotopic (exact) mass is 530 g/mol. The molecule has 1 aliphatic heterocycles. The number of carbonyl (C=O) groups is 3. The predicted molar refractivity (Wildman–Crippen MR) is 145 cm³/mol. The van der Waals surface area contributed by atoms with Crippen LogP contribution in [-0.2, 0) is 22.7 Å². The van der Waals surface area contributed by atoms with Crippen molar-refractivity contribution in [2.24, 2.45) is 0 Å². The number of amides is 2. The summed E-state index contributed by atoms with van der Waals surface area (Å²) in [6.07, 6.45) is 7.84. The highest BCUT2D eigenvalue weighted by Gasteiger charge is 2.34. The van der Waals surface area contributed by atoms with Crippen molar-refractivity contribution in [3.8, 4) is 0 Å². The maximum atomic E-state index is 13.4. The fraction of sp³-hybridized carbons (Fsp3) is 0.250. The second-order valence-corrected chi connectivity index (χ2v) is 9.74. The third kappa shape index (κ3) is 5.52. The van der Waals surface area contributed by atoms with Crippen LogP contribution in [0.2, 0.25) is 5.02 Å². The van der Waals surface area contributed by atoms with Crippen LogP contribution in [0.25, 0.3) is 10.9 Å². The van der Waals surface area contributed by atoms with Gasteiger partial charge in [0.2, 0.25) is 11.8 Å². The van der Waals surface area contributed by atoms with Gasteiger partial charge < -0.3 is 20.1 Å². The maximum absolute atomic E-state index is 13.4. The van der Waals surface area contributed by atoms with Crippen LogP contribution in [0.4, 0.5) is 11.4 Å². The molecule has 194 valence electrons. The molecule has 2 amide bonds. The molecule has 0 radical (unpaired) electrons. The molecule has 4 aromatic rings. The lowest BCUT2D eigenvalue weighted by atomic mass is 10.1. The van der Waals surface area contributed by atoms with Crippen molar-refractivity contribution in [1.82, 2.24) is 24.8 Å². The summed E-state index contributed by atoms with van der Waals surface area (Å²) in [6, 6.07) is 12.4. The van der Waals surface area contributed by atoms with Gasteiger partial charge in [0.05, 0.1) is 18.1 Å². The number of hydrogen-bond acceptors (Lipinski definition) is 6. The minimum Gasteiger partial charge on any atom is -0.353 e. The van der Waals surface area contributed by atoms with E-state index in [1.54, 1.807) is 40.2 Å². The summed E-state index contributed by atoms with van der Waals surface area (Å²) < 4.78 is 1.78. The van der Waals surface area contributed by atoms with E-state index in [2.05, 4.69) is 20.6 Å². The van der Waals surface area contributed by atoms with Crippen molar-refractivity contribution in [1.29, 1.82) is 0 Å². The summed E-state index contributed by atoms with van der Waals surface area (Å²) in [5.41, 5.74) is 3.68. The number of Topliss-reactive ketones (excluding diaryl/α,β-unsaturated/α-hetero) is 1. The molecule has 0 unspecified atom stereocenters. The number of hydrogen-bond donors (Lipinski definition) is 2. The number of fused-ring (bicyclic) bond motifs is 1. The topological polar surface area (TPSA) is 109 Å². The Morgan fingerprint density at radius 2 is 1.89 bits per heavy atom. The summed E-state index contributed by atoms with van der Waals surface area (Å²) in [7, 11) is 0. The number of aromatic nitrogens is 3. The zero-order valence-corrected chi connectivity index (χ0v) is 21.6. The third-order valence-corrected chi connectivity index (χ3v) is 6.88. The van der Waals surface area contributed by atoms with Gasteiger partial charge in [0.25, 0.3) is 0 Å². The van der Waals surface area contributed by atoms with E-state index < -0.39 is 6.04 Å². The molecule has 0 aliphatic carbocycles. The number of likely N-dealkylation sites (tertiary alicyclic amines) is 1. The minimum atomic E-state index is -0.528. The number of benzene rings is 2. The van der Waals surface area contributed by atoms with Crippen LogP contribution in [0.15, 0.2) is 67.4 Å². The smallest absolute Gasteiger partial charge is 0.243 e. The third-order valence-electron chi connectivity index (χ3n) is 6.65. The first-order valence-electron chi connectivity index (χ1n) is 12.4. The van der Waals surface area contributed by atoms with Gasteiger partial charge in [-0.25, -0.2) is 9.97 Å². The van der Waals surface area contributed by atoms with Gasteiger partial charge in [-0.15, -0.1) is 0 Å². The summed E-state index contributed by atoms with van der Waals surface area (Å²) in [4.78, 5) is 48.4. The lowest BCUT2D eigenvalue weighted by Gasteiger charge is -2.24. The first-order valence-corrected chi connectivity index (χ1v) is 12.7. The molecular weight excluding hydrogens is 504 g/mol. The molecule has 38 heavy (non-hydrogen) atoms. The molecule has 2 aromatic heterocycles. The molecule has 1 fully saturated rings. The van der Waals surface area contributed by atoms with E-state index in [1.807, 2.05) is 30.3 Å². The van der Waals surface area contributed by atoms with Gasteiger partial charge in [-0.2, -0.15) is 0 Å². The molecule has 2 N–H and O–H groups in total. The molecular formula is C28H27ClN6O3. The Bertz CT molecular complexity index is 1500. The number of nitrogens with one attached hydrogen (secondary N) is 2. The largest absolute Gasteiger partial charge is 0.353 e. The number of nitrogens with zero attached hydrogens (tertiary/aromatic N) is 4. The Labute approximate surface area is 224 Å². The molecule has 2 aromatic carbocycles. The van der Waals surface area contributed by atoms with Gasteiger partial charge in [-0.1, -0.05) is 23.7 Å². The first kappa shape index (κ1) is 25.4. The molecule has 10 heteroatoms. The lowest BCUT2D eigenvalue weighted by molar-refractivity contribution is -0.138. The van der Waals surface area contributed by atoms with Gasteiger partial charge in [0.1, 0.15) is 18.9 Å². The maximum Gasteiger partial charge on any atom is 0.243 e. The van der Waals surface area contributed by atoms with E-state index in [4.69, 9.17) is 11.6 Å². The molecule has 1 aliphatic rings. The van der Waals surface area contributed by atoms with Gasteiger partial charge >= 0.3 is 0 Å². The van der Waals surface area contributed by atoms with Gasteiger partial charge in [0, 0.05) is 46.5 Å². The average Bonchev–Trinajstić information content (AvgIpc) is 3.53. The Kier molecular flexibility index (Phi) is 7.37. The van der Waals surface area contributed by atoms with Crippen molar-refractivity contribution in [3.63, 3.8) is 0 Å². The zero-order valence-electron chi connectivity index (χ0n) is 20.9. The quantitative estimate of drug-likeness (QED) is 0.328. The fourth-order valence-corrected chi connectivity index (χ4v) is 5.06. The van der Waals surface area contributed by atoms with E-state index in [0.717, 1.165) is 34.3 Å². The lowest BCUT2D eigenvalue weighted by Crippen LogP contribution is -2.46. The van der Waals surface area contributed by atoms with Gasteiger partial charge in [0.15, 0.2) is 5.78 Å². The summed E-state index contributed by atoms with van der Waals surface area (Å²) in [5.74, 6) is -0.444. The van der Waals surface area contributed by atoms with Crippen LogP contribution in [0.3, 0.4) is 0 Å². The van der Waals surface area contributed by atoms with Crippen molar-refractivity contribution in [2.75, 3.05) is 11.9 Å². The molecule has 1 atom stereocenters. The van der Waals surface area contributed by atoms with Crippen LogP contribution in [0.1, 0.15) is 35.7 Å². The Hall–Kier alpha value is -4.24. The standard InChI is InChI=1S/C28H27ClN6O3/c1-18(36)24-15-34(25-8-7-21(11-23(24)25)33-22-13-30-17-31-14-22)16-27(37)35-9-3-6-26(35)28(38)32-12-19-4-2-5-20(29)10-19/h2,4-5,7-8,10-11,13-15,17,26,33H,3,6,9,12,16H2,1H3,(H,32,38)/t26-/m0/s1. The molecule has 0 spiro atoms. The predicted octanol–water partition coefficient (Wildman–Crippen LogP) is 4.34. The van der Waals surface area contributed by atoms with Crippen LogP contribution in [0, 0.1) is 0 Å². The van der Waals surface area contributed by atoms with Gasteiger partial charge in [-0.3, -0.25) is 14.4 Å². The molecule has 3 heterocycles. The molecule has 9 nitrogen and oxygen atoms in total. The van der Waals surface area contributed by atoms with Crippen molar-refractivity contribution < 1.29 is 14.4 Å². The number of rotatable bonds is 8. The Morgan fingerprint density at radius 1 is 1.08 bits per heavy atom. The number of carbonyl (C=O) groups excluding carboxylic acids is 3. The SMILES string of the molecule is CC(=O)c1cn(CC(=O)N2CCC[C@H]2C(=O)NCc2cccc(Cl)c2)c2ccc(Nc3cncnc3)cc12. The van der Waals surface area contributed by atoms with E-state index in [1.165, 1.54) is 13.3 Å². The summed E-state index contributed by atoms with van der Waals surface area (Å²) >= 11 is 6.04. The van der Waals surface area contributed by atoms with E-state index in [9.17, 15) is 14.4 Å². The highest BCUT2D eigenvalue weighted by atomic mass is 35.5. The van der Waals surface area contributed by atoms with Crippen LogP contribution in [0.5, 0.6) is 0 Å². The van der Waals surface area contributed by atoms with E-state index in [-0.39, 0.29) is 24.1 Å². The second kappa shape index (κ2) is 11.0. The van der Waals surface area contributed by atoms with E-state index >= 15 is 0 Å². The van der Waals surface area contributed by atoms with Crippen LogP contribution in [-0.4, -0.2) is 49.6 Å². The van der Waals surface area contributed by atoms with Crippen LogP contribution < -0.4 is 10.6 Å². The zero-order chi connectivity index (χ0) is 26.6. The highest BCUT2D eigenvalue weighted by Crippen LogP contribution is 2.28. The van der Waals surface area contributed by atoms with Crippen molar-refractivity contribution in [3.05, 3.63) is 83.5 Å². The van der Waals surface area contributed by atoms with Crippen molar-refractivity contribution in [2.45, 2.75) is 38.9 Å². The number of anilines is 2. The van der Waals surface area contributed by atoms with Crippen LogP contribution >= 0.6 is 11.6 Å². The normalized spacial score (nSPS) is 15.0. The Morgan fingerprint density at radius 3 is 2.66 bits per heavy atom. The number of halogens is 1. The fourth-order valence-electron chi connectivity index (χ4n) is 4.84. The molecule has 0 bridgehead atoms. The van der Waals surface area contributed by atoms with Gasteiger partial charge in [-0.05, 0) is 55.7 Å². The van der Waals surface area contributed by atoms with E-state index in [0.29, 0.717) is 30.1 Å². The second-order valence-electron chi connectivity index (χ2n) is 9.30. The highest BCUT2D eigenvalue weighted by molar-refractivity contribution is 6.30. The molecule has 0 saturated carbocycles. The summed E-state index contributed by atoms with van der Waals surface area (Å²) in [5, 5.41) is 7.51. The molecule has 5 rings (SSSR count). The molecule has 1 saturated heterocycles. The average molecular weight is 531 g/mol. The number of ketones is 1. The van der Waals surface area contributed by atoms with Crippen molar-refractivity contribution >= 4 is 51.5 Å². The summed E-state index contributed by atoms with van der Waals surface area (Å²) in [6.45, 7) is 2.39.